The van der Waals surface area contributed by atoms with Crippen molar-refractivity contribution in [2.75, 3.05) is 17.2 Å². The highest BCUT2D eigenvalue weighted by Crippen LogP contribution is 2.27. The second kappa shape index (κ2) is 10.2. The molecule has 2 N–H and O–H groups in total. The van der Waals surface area contributed by atoms with Crippen molar-refractivity contribution < 1.29 is 27.5 Å². The maximum atomic E-state index is 13.7. The van der Waals surface area contributed by atoms with Gasteiger partial charge in [-0.25, -0.2) is 18.2 Å². The Kier molecular flexibility index (Phi) is 6.88. The highest BCUT2D eigenvalue weighted by atomic mass is 32.1. The quantitative estimate of drug-likeness (QED) is 0.364. The van der Waals surface area contributed by atoms with Crippen LogP contribution in [0.1, 0.15) is 10.4 Å². The summed E-state index contributed by atoms with van der Waals surface area (Å²) in [5.74, 6) is -3.55. The molecule has 1 heterocycles. The number of nitrogens with zero attached hydrogens (tertiary/aromatic N) is 1. The first kappa shape index (κ1) is 23.0. The van der Waals surface area contributed by atoms with Gasteiger partial charge in [0.25, 0.3) is 11.8 Å². The minimum Gasteiger partial charge on any atom is -0.483 e. The first-order chi connectivity index (χ1) is 16.4. The van der Waals surface area contributed by atoms with Gasteiger partial charge in [0.2, 0.25) is 0 Å². The van der Waals surface area contributed by atoms with Crippen LogP contribution in [0.2, 0.25) is 0 Å². The fraction of sp³-hybridized carbons (Fsp3) is 0.0417. The monoisotopic (exact) mass is 483 g/mol. The Morgan fingerprint density at radius 2 is 1.65 bits per heavy atom. The van der Waals surface area contributed by atoms with Crippen molar-refractivity contribution in [2.24, 2.45) is 0 Å². The van der Waals surface area contributed by atoms with Gasteiger partial charge in [-0.2, -0.15) is 0 Å². The van der Waals surface area contributed by atoms with E-state index in [-0.39, 0.29) is 22.1 Å². The summed E-state index contributed by atoms with van der Waals surface area (Å²) in [4.78, 5) is 29.1. The molecule has 0 unspecified atom stereocenters. The predicted octanol–water partition coefficient (Wildman–Crippen LogP) is 5.50. The molecule has 1 aromatic heterocycles. The Labute approximate surface area is 196 Å². The highest BCUT2D eigenvalue weighted by molar-refractivity contribution is 7.14. The van der Waals surface area contributed by atoms with Crippen LogP contribution in [0.3, 0.4) is 0 Å². The molecule has 0 spiro atoms. The zero-order chi connectivity index (χ0) is 24.1. The van der Waals surface area contributed by atoms with Gasteiger partial charge in [0.1, 0.15) is 11.6 Å². The molecule has 0 fully saturated rings. The SMILES string of the molecule is O=C(COc1ccccc1C(=O)Nc1nc(-c2ccc(F)c(F)c2)cs1)Nc1ccccc1F. The van der Waals surface area contributed by atoms with Gasteiger partial charge in [-0.05, 0) is 42.5 Å². The lowest BCUT2D eigenvalue weighted by atomic mass is 10.2. The predicted molar refractivity (Wildman–Crippen MR) is 122 cm³/mol. The van der Waals surface area contributed by atoms with Gasteiger partial charge in [-0.15, -0.1) is 11.3 Å². The number of thiazole rings is 1. The largest absolute Gasteiger partial charge is 0.483 e. The Bertz CT molecular complexity index is 1360. The molecule has 0 saturated heterocycles. The Balaban J connectivity index is 1.42. The summed E-state index contributed by atoms with van der Waals surface area (Å²) >= 11 is 1.10. The molecule has 4 rings (SSSR count). The molecule has 172 valence electrons. The molecule has 0 atom stereocenters. The molecular formula is C24H16F3N3O3S. The molecule has 6 nitrogen and oxygen atoms in total. The van der Waals surface area contributed by atoms with Crippen molar-refractivity contribution in [1.82, 2.24) is 4.98 Å². The summed E-state index contributed by atoms with van der Waals surface area (Å²) in [7, 11) is 0. The lowest BCUT2D eigenvalue weighted by Gasteiger charge is -2.11. The number of benzene rings is 3. The van der Waals surface area contributed by atoms with Crippen LogP contribution in [-0.4, -0.2) is 23.4 Å². The summed E-state index contributed by atoms with van der Waals surface area (Å²) in [5.41, 5.74) is 0.891. The number of halogens is 3. The van der Waals surface area contributed by atoms with Gasteiger partial charge in [0.05, 0.1) is 16.9 Å². The Hall–Kier alpha value is -4.18. The highest BCUT2D eigenvalue weighted by Gasteiger charge is 2.16. The second-order valence-corrected chi connectivity index (χ2v) is 7.79. The fourth-order valence-electron chi connectivity index (χ4n) is 2.96. The third-order valence-corrected chi connectivity index (χ3v) is 5.34. The molecular weight excluding hydrogens is 467 g/mol. The normalized spacial score (nSPS) is 10.6. The van der Waals surface area contributed by atoms with Crippen LogP contribution in [0.5, 0.6) is 5.75 Å². The first-order valence-electron chi connectivity index (χ1n) is 9.89. The number of aromatic nitrogens is 1. The van der Waals surface area contributed by atoms with E-state index in [4.69, 9.17) is 4.74 Å². The van der Waals surface area contributed by atoms with E-state index in [1.807, 2.05) is 0 Å². The van der Waals surface area contributed by atoms with Gasteiger partial charge < -0.3 is 10.1 Å². The Morgan fingerprint density at radius 3 is 2.44 bits per heavy atom. The first-order valence-corrected chi connectivity index (χ1v) is 10.8. The van der Waals surface area contributed by atoms with E-state index in [1.54, 1.807) is 23.6 Å². The summed E-state index contributed by atoms with van der Waals surface area (Å²) < 4.78 is 45.8. The minimum atomic E-state index is -0.999. The molecule has 10 heteroatoms. The minimum absolute atomic E-state index is 0.0164. The topological polar surface area (TPSA) is 80.3 Å². The van der Waals surface area contributed by atoms with Crippen molar-refractivity contribution in [2.45, 2.75) is 0 Å². The van der Waals surface area contributed by atoms with Crippen molar-refractivity contribution in [3.63, 3.8) is 0 Å². The van der Waals surface area contributed by atoms with Crippen LogP contribution in [0.4, 0.5) is 24.0 Å². The summed E-state index contributed by atoms with van der Waals surface area (Å²) in [6.07, 6.45) is 0. The van der Waals surface area contributed by atoms with Gasteiger partial charge >= 0.3 is 0 Å². The molecule has 3 aromatic carbocycles. The van der Waals surface area contributed by atoms with Gasteiger partial charge in [0, 0.05) is 10.9 Å². The van der Waals surface area contributed by atoms with E-state index in [1.165, 1.54) is 36.4 Å². The number of ether oxygens (including phenoxy) is 1. The molecule has 0 radical (unpaired) electrons. The average Bonchev–Trinajstić information content (AvgIpc) is 3.29. The lowest BCUT2D eigenvalue weighted by molar-refractivity contribution is -0.118. The van der Waals surface area contributed by atoms with Gasteiger partial charge in [-0.1, -0.05) is 24.3 Å². The second-order valence-electron chi connectivity index (χ2n) is 6.93. The van der Waals surface area contributed by atoms with Crippen LogP contribution in [0.25, 0.3) is 11.3 Å². The van der Waals surface area contributed by atoms with Crippen molar-refractivity contribution in [3.05, 3.63) is 95.1 Å². The number of hydrogen-bond donors (Lipinski definition) is 2. The van der Waals surface area contributed by atoms with Crippen LogP contribution < -0.4 is 15.4 Å². The van der Waals surface area contributed by atoms with E-state index in [9.17, 15) is 22.8 Å². The lowest BCUT2D eigenvalue weighted by Crippen LogP contribution is -2.22. The summed E-state index contributed by atoms with van der Waals surface area (Å²) in [6, 6.07) is 15.4. The van der Waals surface area contributed by atoms with Gasteiger partial charge in [-0.3, -0.25) is 14.9 Å². The van der Waals surface area contributed by atoms with E-state index in [0.717, 1.165) is 23.5 Å². The molecule has 0 bridgehead atoms. The van der Waals surface area contributed by atoms with Crippen molar-refractivity contribution in [3.8, 4) is 17.0 Å². The van der Waals surface area contributed by atoms with Crippen LogP contribution in [0.15, 0.2) is 72.1 Å². The summed E-state index contributed by atoms with van der Waals surface area (Å²) in [6.45, 7) is -0.448. The van der Waals surface area contributed by atoms with Crippen molar-refractivity contribution in [1.29, 1.82) is 0 Å². The third-order valence-electron chi connectivity index (χ3n) is 4.58. The molecule has 2 amide bonds. The van der Waals surface area contributed by atoms with Crippen molar-refractivity contribution >= 4 is 34.0 Å². The summed E-state index contributed by atoms with van der Waals surface area (Å²) in [5, 5.41) is 6.85. The van der Waals surface area contributed by atoms with Gasteiger partial charge in [0.15, 0.2) is 23.4 Å². The van der Waals surface area contributed by atoms with E-state index < -0.39 is 35.9 Å². The van der Waals surface area contributed by atoms with E-state index >= 15 is 0 Å². The van der Waals surface area contributed by atoms with Crippen LogP contribution in [0, 0.1) is 17.5 Å². The number of para-hydroxylation sites is 2. The number of carbonyl (C=O) groups is 2. The maximum Gasteiger partial charge on any atom is 0.262 e. The molecule has 0 saturated carbocycles. The molecule has 4 aromatic rings. The van der Waals surface area contributed by atoms with E-state index in [2.05, 4.69) is 15.6 Å². The zero-order valence-corrected chi connectivity index (χ0v) is 18.2. The van der Waals surface area contributed by atoms with Crippen LogP contribution >= 0.6 is 11.3 Å². The number of amides is 2. The van der Waals surface area contributed by atoms with Crippen LogP contribution in [-0.2, 0) is 4.79 Å². The number of carbonyl (C=O) groups excluding carboxylic acids is 2. The number of rotatable bonds is 7. The Morgan fingerprint density at radius 1 is 0.882 bits per heavy atom. The molecule has 34 heavy (non-hydrogen) atoms. The number of anilines is 2. The maximum absolute atomic E-state index is 13.7. The third kappa shape index (κ3) is 5.41. The average molecular weight is 483 g/mol. The standard InChI is InChI=1S/C24H16F3N3O3S/c25-16-10-9-14(11-18(16)27)20-13-34-24(29-20)30-23(32)15-5-1-4-8-21(15)33-12-22(31)28-19-7-3-2-6-17(19)26/h1-11,13H,12H2,(H,28,31)(H,29,30,32). The molecule has 0 aliphatic carbocycles. The zero-order valence-electron chi connectivity index (χ0n) is 17.3. The fourth-order valence-corrected chi connectivity index (χ4v) is 3.67. The molecule has 0 aliphatic heterocycles. The number of nitrogens with one attached hydrogen (secondary N) is 2. The number of hydrogen-bond acceptors (Lipinski definition) is 5. The molecule has 0 aliphatic rings. The van der Waals surface area contributed by atoms with E-state index in [0.29, 0.717) is 11.3 Å². The smallest absolute Gasteiger partial charge is 0.262 e.